The lowest BCUT2D eigenvalue weighted by Crippen LogP contribution is -2.24. The third-order valence-electron chi connectivity index (χ3n) is 4.17. The van der Waals surface area contributed by atoms with Crippen LogP contribution in [0.5, 0.6) is 0 Å². The molecule has 0 amide bonds. The summed E-state index contributed by atoms with van der Waals surface area (Å²) in [4.78, 5) is 14.0. The van der Waals surface area contributed by atoms with Crippen LogP contribution in [0.15, 0.2) is 18.2 Å². The van der Waals surface area contributed by atoms with Crippen LogP contribution in [-0.4, -0.2) is 31.1 Å². The van der Waals surface area contributed by atoms with E-state index < -0.39 is 0 Å². The molecule has 19 heavy (non-hydrogen) atoms. The molecule has 1 aliphatic rings. The van der Waals surface area contributed by atoms with Crippen molar-refractivity contribution in [3.8, 4) is 0 Å². The third-order valence-corrected chi connectivity index (χ3v) is 4.17. The first kappa shape index (κ1) is 14.1. The zero-order chi connectivity index (χ0) is 14.0. The van der Waals surface area contributed by atoms with Gasteiger partial charge in [-0.2, -0.15) is 0 Å². The molecule has 2 unspecified atom stereocenters. The Morgan fingerprint density at radius 2 is 2.05 bits per heavy atom. The molecule has 3 heteroatoms. The van der Waals surface area contributed by atoms with Gasteiger partial charge in [0.15, 0.2) is 0 Å². The van der Waals surface area contributed by atoms with Crippen LogP contribution in [0.2, 0.25) is 0 Å². The Morgan fingerprint density at radius 3 is 2.68 bits per heavy atom. The predicted molar refractivity (Wildman–Crippen MR) is 75.9 cm³/mol. The van der Waals surface area contributed by atoms with E-state index in [0.29, 0.717) is 5.92 Å². The summed E-state index contributed by atoms with van der Waals surface area (Å²) in [5.74, 6) is 0.325. The molecule has 2 atom stereocenters. The first-order valence-electron chi connectivity index (χ1n) is 6.87. The average Bonchev–Trinajstić information content (AvgIpc) is 2.74. The largest absolute Gasteiger partial charge is 0.469 e. The van der Waals surface area contributed by atoms with Gasteiger partial charge in [0.05, 0.1) is 13.0 Å². The van der Waals surface area contributed by atoms with Gasteiger partial charge in [-0.3, -0.25) is 9.69 Å². The summed E-state index contributed by atoms with van der Waals surface area (Å²) in [6, 6.07) is 6.59. The number of esters is 1. The van der Waals surface area contributed by atoms with Gasteiger partial charge in [0.1, 0.15) is 0 Å². The van der Waals surface area contributed by atoms with Crippen molar-refractivity contribution in [1.82, 2.24) is 4.90 Å². The van der Waals surface area contributed by atoms with Crippen molar-refractivity contribution in [1.29, 1.82) is 0 Å². The summed E-state index contributed by atoms with van der Waals surface area (Å²) in [5.41, 5.74) is 3.97. The topological polar surface area (TPSA) is 29.5 Å². The molecule has 0 bridgehead atoms. The van der Waals surface area contributed by atoms with Gasteiger partial charge in [-0.15, -0.1) is 0 Å². The number of likely N-dealkylation sites (tertiary alicyclic amines) is 1. The molecule has 0 saturated carbocycles. The highest BCUT2D eigenvalue weighted by Gasteiger charge is 2.35. The van der Waals surface area contributed by atoms with Crippen molar-refractivity contribution in [2.24, 2.45) is 11.8 Å². The molecule has 3 nitrogen and oxygen atoms in total. The molecule has 0 aliphatic carbocycles. The molecular formula is C16H23NO2. The molecule has 0 spiro atoms. The van der Waals surface area contributed by atoms with Gasteiger partial charge in [0, 0.05) is 19.6 Å². The maximum atomic E-state index is 11.7. The molecule has 0 N–H and O–H groups in total. The highest BCUT2D eigenvalue weighted by molar-refractivity contribution is 5.73. The van der Waals surface area contributed by atoms with E-state index in [1.165, 1.54) is 23.8 Å². The molecule has 1 fully saturated rings. The summed E-state index contributed by atoms with van der Waals surface area (Å²) in [7, 11) is 1.47. The lowest BCUT2D eigenvalue weighted by molar-refractivity contribution is -0.146. The number of carbonyl (C=O) groups excluding carboxylic acids is 1. The molecule has 0 aromatic heterocycles. The fourth-order valence-electron chi connectivity index (χ4n) is 2.81. The van der Waals surface area contributed by atoms with E-state index in [2.05, 4.69) is 43.9 Å². The zero-order valence-electron chi connectivity index (χ0n) is 12.3. The van der Waals surface area contributed by atoms with Crippen molar-refractivity contribution in [2.45, 2.75) is 27.3 Å². The molecule has 1 aromatic carbocycles. The smallest absolute Gasteiger partial charge is 0.310 e. The fourth-order valence-corrected chi connectivity index (χ4v) is 2.81. The number of aryl methyl sites for hydroxylation is 2. The van der Waals surface area contributed by atoms with E-state index in [-0.39, 0.29) is 11.9 Å². The fraction of sp³-hybridized carbons (Fsp3) is 0.562. The second kappa shape index (κ2) is 5.74. The van der Waals surface area contributed by atoms with E-state index in [1.54, 1.807) is 0 Å². The summed E-state index contributed by atoms with van der Waals surface area (Å²) in [6.45, 7) is 9.08. The zero-order valence-corrected chi connectivity index (χ0v) is 12.3. The van der Waals surface area contributed by atoms with Gasteiger partial charge in [0.2, 0.25) is 0 Å². The van der Waals surface area contributed by atoms with Crippen LogP contribution in [0.3, 0.4) is 0 Å². The Bertz CT molecular complexity index is 470. The van der Waals surface area contributed by atoms with Crippen LogP contribution in [0.1, 0.15) is 23.6 Å². The summed E-state index contributed by atoms with van der Waals surface area (Å²) in [5, 5.41) is 0. The summed E-state index contributed by atoms with van der Waals surface area (Å²) in [6.07, 6.45) is 0. The van der Waals surface area contributed by atoms with E-state index in [4.69, 9.17) is 4.74 Å². The van der Waals surface area contributed by atoms with Gasteiger partial charge in [0.25, 0.3) is 0 Å². The average molecular weight is 261 g/mol. The van der Waals surface area contributed by atoms with Crippen molar-refractivity contribution >= 4 is 5.97 Å². The molecule has 1 heterocycles. The van der Waals surface area contributed by atoms with Crippen molar-refractivity contribution in [3.05, 3.63) is 34.9 Å². The Hall–Kier alpha value is -1.35. The van der Waals surface area contributed by atoms with Crippen molar-refractivity contribution < 1.29 is 9.53 Å². The minimum Gasteiger partial charge on any atom is -0.469 e. The quantitative estimate of drug-likeness (QED) is 0.783. The molecule has 1 saturated heterocycles. The van der Waals surface area contributed by atoms with Gasteiger partial charge in [-0.05, 0) is 36.5 Å². The number of benzene rings is 1. The van der Waals surface area contributed by atoms with Crippen LogP contribution in [-0.2, 0) is 16.1 Å². The standard InChI is InChI=1S/C16H23NO2/c1-11-5-6-14(7-12(11)2)9-17-8-13(3)15(10-17)16(18)19-4/h5-7,13,15H,8-10H2,1-4H3. The van der Waals surface area contributed by atoms with Crippen molar-refractivity contribution in [3.63, 3.8) is 0 Å². The number of rotatable bonds is 3. The molecule has 2 rings (SSSR count). The van der Waals surface area contributed by atoms with Gasteiger partial charge in [-0.1, -0.05) is 25.1 Å². The van der Waals surface area contributed by atoms with Gasteiger partial charge in [-0.25, -0.2) is 0 Å². The highest BCUT2D eigenvalue weighted by Crippen LogP contribution is 2.25. The molecule has 0 radical (unpaired) electrons. The van der Waals surface area contributed by atoms with Crippen molar-refractivity contribution in [2.75, 3.05) is 20.2 Å². The molecule has 1 aliphatic heterocycles. The Labute approximate surface area is 115 Å². The van der Waals surface area contributed by atoms with E-state index in [9.17, 15) is 4.79 Å². The maximum absolute atomic E-state index is 11.7. The summed E-state index contributed by atoms with van der Waals surface area (Å²) >= 11 is 0. The monoisotopic (exact) mass is 261 g/mol. The molecule has 104 valence electrons. The number of nitrogens with zero attached hydrogens (tertiary/aromatic N) is 1. The number of carbonyl (C=O) groups is 1. The number of hydrogen-bond donors (Lipinski definition) is 0. The first-order valence-corrected chi connectivity index (χ1v) is 6.87. The summed E-state index contributed by atoms with van der Waals surface area (Å²) < 4.78 is 4.87. The number of methoxy groups -OCH3 is 1. The van der Waals surface area contributed by atoms with E-state index in [1.807, 2.05) is 0 Å². The van der Waals surface area contributed by atoms with Crippen LogP contribution >= 0.6 is 0 Å². The first-order chi connectivity index (χ1) is 9.01. The minimum absolute atomic E-state index is 0.0246. The number of ether oxygens (including phenoxy) is 1. The Balaban J connectivity index is 2.01. The van der Waals surface area contributed by atoms with Crippen LogP contribution < -0.4 is 0 Å². The second-order valence-corrected chi connectivity index (χ2v) is 5.72. The van der Waals surface area contributed by atoms with Crippen LogP contribution in [0, 0.1) is 25.7 Å². The van der Waals surface area contributed by atoms with Gasteiger partial charge < -0.3 is 4.74 Å². The maximum Gasteiger partial charge on any atom is 0.310 e. The predicted octanol–water partition coefficient (Wildman–Crippen LogP) is 2.54. The minimum atomic E-state index is -0.0740. The lowest BCUT2D eigenvalue weighted by Gasteiger charge is -2.16. The molecule has 1 aromatic rings. The van der Waals surface area contributed by atoms with Crippen LogP contribution in [0.25, 0.3) is 0 Å². The molecular weight excluding hydrogens is 238 g/mol. The van der Waals surface area contributed by atoms with E-state index in [0.717, 1.165) is 19.6 Å². The van der Waals surface area contributed by atoms with E-state index >= 15 is 0 Å². The normalized spacial score (nSPS) is 23.6. The second-order valence-electron chi connectivity index (χ2n) is 5.72. The lowest BCUT2D eigenvalue weighted by atomic mass is 9.99. The number of hydrogen-bond acceptors (Lipinski definition) is 3. The Kier molecular flexibility index (Phi) is 4.25. The third kappa shape index (κ3) is 3.16. The highest BCUT2D eigenvalue weighted by atomic mass is 16.5. The van der Waals surface area contributed by atoms with Gasteiger partial charge >= 0.3 is 5.97 Å². The Morgan fingerprint density at radius 1 is 1.32 bits per heavy atom. The van der Waals surface area contributed by atoms with Crippen LogP contribution in [0.4, 0.5) is 0 Å². The SMILES string of the molecule is COC(=O)C1CN(Cc2ccc(C)c(C)c2)CC1C.